The van der Waals surface area contributed by atoms with E-state index in [1.807, 2.05) is 39.0 Å². The molecule has 0 aliphatic carbocycles. The molecule has 0 unspecified atom stereocenters. The van der Waals surface area contributed by atoms with Gasteiger partial charge < -0.3 is 0 Å². The van der Waals surface area contributed by atoms with Crippen LogP contribution in [0.4, 0.5) is 0 Å². The van der Waals surface area contributed by atoms with Crippen molar-refractivity contribution in [2.45, 2.75) is 79.2 Å². The van der Waals surface area contributed by atoms with Crippen molar-refractivity contribution in [3.63, 3.8) is 0 Å². The molecule has 0 atom stereocenters. The van der Waals surface area contributed by atoms with Crippen LogP contribution in [-0.2, 0) is 12.8 Å². The molecule has 2 aromatic rings. The van der Waals surface area contributed by atoms with E-state index < -0.39 is 0 Å². The van der Waals surface area contributed by atoms with Gasteiger partial charge in [-0.25, -0.2) is 9.98 Å². The predicted octanol–water partition coefficient (Wildman–Crippen LogP) is 8.02. The van der Waals surface area contributed by atoms with Gasteiger partial charge in [-0.05, 0) is 74.3 Å². The van der Waals surface area contributed by atoms with E-state index in [9.17, 15) is 0 Å². The Hall–Kier alpha value is -2.09. The van der Waals surface area contributed by atoms with Crippen molar-refractivity contribution in [3.8, 4) is 0 Å². The molecule has 31 heavy (non-hydrogen) atoms. The molecule has 0 aliphatic heterocycles. The number of thiocarbonyl (C=S) groups is 1. The summed E-state index contributed by atoms with van der Waals surface area (Å²) < 4.78 is 0. The molecule has 3 heteroatoms. The van der Waals surface area contributed by atoms with Crippen LogP contribution in [0.15, 0.2) is 70.6 Å². The van der Waals surface area contributed by atoms with Gasteiger partial charge in [0.25, 0.3) is 0 Å². The first-order valence-corrected chi connectivity index (χ1v) is 11.7. The largest absolute Gasteiger partial charge is 0.225 e. The normalized spacial score (nSPS) is 11.0. The summed E-state index contributed by atoms with van der Waals surface area (Å²) in [6, 6.07) is 23.7. The highest BCUT2D eigenvalue weighted by molar-refractivity contribution is 7.80. The molecule has 0 aliphatic rings. The van der Waals surface area contributed by atoms with Crippen molar-refractivity contribution in [2.24, 2.45) is 15.4 Å². The Kier molecular flexibility index (Phi) is 12.2. The van der Waals surface area contributed by atoms with Crippen molar-refractivity contribution in [2.75, 3.05) is 6.54 Å². The van der Waals surface area contributed by atoms with Gasteiger partial charge in [-0.2, -0.15) is 0 Å². The molecular formula is C28H40N2S. The number of rotatable bonds is 8. The molecule has 0 N–H and O–H groups in total. The van der Waals surface area contributed by atoms with Crippen LogP contribution in [0.1, 0.15) is 71.9 Å². The molecule has 168 valence electrons. The molecule has 0 saturated carbocycles. The molecule has 2 rings (SSSR count). The van der Waals surface area contributed by atoms with Gasteiger partial charge in [0.05, 0.1) is 18.1 Å². The Bertz CT molecular complexity index is 806. The van der Waals surface area contributed by atoms with Crippen molar-refractivity contribution < 1.29 is 0 Å². The van der Waals surface area contributed by atoms with E-state index in [2.05, 4.69) is 79.2 Å². The Morgan fingerprint density at radius 2 is 1.32 bits per heavy atom. The standard InChI is InChI=1S/C15H22S.C13H18N2/c1-15(2,3)12-14(16)11-7-10-13-8-5-4-6-9-13;1-13(2,3)15-11-14-10-9-12-7-5-4-6-8-12/h4-6,8-9H,7,10-12H2,1-3H3;4-8H,9-10H2,1-3H3. The maximum atomic E-state index is 5.42. The molecule has 0 saturated heterocycles. The van der Waals surface area contributed by atoms with Crippen LogP contribution in [0.5, 0.6) is 0 Å². The Morgan fingerprint density at radius 1 is 0.806 bits per heavy atom. The quantitative estimate of drug-likeness (QED) is 0.304. The molecule has 0 fully saturated rings. The van der Waals surface area contributed by atoms with Gasteiger partial charge >= 0.3 is 0 Å². The molecule has 0 heterocycles. The molecule has 0 bridgehead atoms. The average molecular weight is 437 g/mol. The van der Waals surface area contributed by atoms with Gasteiger partial charge in [0.15, 0.2) is 0 Å². The van der Waals surface area contributed by atoms with Crippen LogP contribution < -0.4 is 0 Å². The Morgan fingerprint density at radius 3 is 1.81 bits per heavy atom. The molecule has 0 amide bonds. The summed E-state index contributed by atoms with van der Waals surface area (Å²) in [7, 11) is 0. The number of benzene rings is 2. The summed E-state index contributed by atoms with van der Waals surface area (Å²) in [5, 5.41) is 0. The molecule has 0 aromatic heterocycles. The summed E-state index contributed by atoms with van der Waals surface area (Å²) >= 11 is 5.42. The van der Waals surface area contributed by atoms with Crippen molar-refractivity contribution in [1.82, 2.24) is 0 Å². The van der Waals surface area contributed by atoms with Crippen LogP contribution in [0.2, 0.25) is 0 Å². The van der Waals surface area contributed by atoms with Gasteiger partial charge in [-0.3, -0.25) is 0 Å². The fraction of sp³-hybridized carbons (Fsp3) is 0.500. The van der Waals surface area contributed by atoms with Crippen LogP contribution in [0.25, 0.3) is 0 Å². The number of hydrogen-bond acceptors (Lipinski definition) is 3. The van der Waals surface area contributed by atoms with Crippen molar-refractivity contribution in [3.05, 3.63) is 71.8 Å². The fourth-order valence-corrected chi connectivity index (χ4v) is 3.46. The summed E-state index contributed by atoms with van der Waals surface area (Å²) in [5.74, 6) is 0. The second-order valence-electron chi connectivity index (χ2n) is 10.1. The van der Waals surface area contributed by atoms with E-state index >= 15 is 0 Å². The predicted molar refractivity (Wildman–Crippen MR) is 141 cm³/mol. The summed E-state index contributed by atoms with van der Waals surface area (Å²) in [6.45, 7) is 13.6. The molecular weight excluding hydrogens is 396 g/mol. The maximum absolute atomic E-state index is 5.42. The lowest BCUT2D eigenvalue weighted by Gasteiger charge is -2.18. The monoisotopic (exact) mass is 436 g/mol. The lowest BCUT2D eigenvalue weighted by Crippen LogP contribution is -2.11. The summed E-state index contributed by atoms with van der Waals surface area (Å²) in [6.07, 6.45) is 5.43. The third kappa shape index (κ3) is 16.3. The van der Waals surface area contributed by atoms with Gasteiger partial charge in [-0.15, -0.1) is 0 Å². The number of nitrogens with zero attached hydrogens (tertiary/aromatic N) is 2. The minimum Gasteiger partial charge on any atom is -0.225 e. The molecule has 0 radical (unpaired) electrons. The van der Waals surface area contributed by atoms with Gasteiger partial charge in [0.1, 0.15) is 0 Å². The first kappa shape index (κ1) is 26.9. The SMILES string of the molecule is CC(C)(C)CC(=S)CCCc1ccccc1.CC(C)(C)N=C=NCCc1ccccc1. The topological polar surface area (TPSA) is 24.7 Å². The highest BCUT2D eigenvalue weighted by atomic mass is 32.1. The lowest BCUT2D eigenvalue weighted by molar-refractivity contribution is 0.433. The fourth-order valence-electron chi connectivity index (χ4n) is 2.88. The Balaban J connectivity index is 0.000000311. The van der Waals surface area contributed by atoms with Gasteiger partial charge in [-0.1, -0.05) is 93.7 Å². The minimum atomic E-state index is -0.0732. The minimum absolute atomic E-state index is 0.0732. The van der Waals surface area contributed by atoms with Gasteiger partial charge in [0, 0.05) is 0 Å². The van der Waals surface area contributed by atoms with E-state index in [-0.39, 0.29) is 5.54 Å². The van der Waals surface area contributed by atoms with E-state index in [1.165, 1.54) is 22.4 Å². The van der Waals surface area contributed by atoms with E-state index in [4.69, 9.17) is 12.2 Å². The second-order valence-corrected chi connectivity index (χ2v) is 10.7. The zero-order valence-corrected chi connectivity index (χ0v) is 21.1. The smallest absolute Gasteiger partial charge is 0.0898 e. The molecule has 2 aromatic carbocycles. The third-order valence-corrected chi connectivity index (χ3v) is 4.65. The van der Waals surface area contributed by atoms with Crippen molar-refractivity contribution in [1.29, 1.82) is 0 Å². The van der Waals surface area contributed by atoms with Crippen molar-refractivity contribution >= 4 is 23.1 Å². The first-order chi connectivity index (χ1) is 14.6. The first-order valence-electron chi connectivity index (χ1n) is 11.3. The van der Waals surface area contributed by atoms with Crippen LogP contribution in [0.3, 0.4) is 0 Å². The highest BCUT2D eigenvalue weighted by Crippen LogP contribution is 2.21. The van der Waals surface area contributed by atoms with Crippen LogP contribution in [0, 0.1) is 5.41 Å². The molecule has 2 nitrogen and oxygen atoms in total. The highest BCUT2D eigenvalue weighted by Gasteiger charge is 2.12. The van der Waals surface area contributed by atoms with Crippen LogP contribution >= 0.6 is 12.2 Å². The molecule has 0 spiro atoms. The third-order valence-electron chi connectivity index (χ3n) is 4.30. The Labute approximate surface area is 195 Å². The van der Waals surface area contributed by atoms with Crippen LogP contribution in [-0.4, -0.2) is 23.0 Å². The van der Waals surface area contributed by atoms with Gasteiger partial charge in [0.2, 0.25) is 0 Å². The average Bonchev–Trinajstić information content (AvgIpc) is 2.68. The maximum Gasteiger partial charge on any atom is 0.0898 e. The van der Waals surface area contributed by atoms with E-state index in [0.29, 0.717) is 5.41 Å². The number of aliphatic imine (C=N–C) groups is 2. The number of hydrogen-bond donors (Lipinski definition) is 0. The second kappa shape index (κ2) is 14.1. The zero-order valence-electron chi connectivity index (χ0n) is 20.3. The van der Waals surface area contributed by atoms with E-state index in [0.717, 1.165) is 32.2 Å². The summed E-state index contributed by atoms with van der Waals surface area (Å²) in [5.41, 5.74) is 2.99. The van der Waals surface area contributed by atoms with E-state index in [1.54, 1.807) is 0 Å². The zero-order chi connectivity index (χ0) is 23.2. The lowest BCUT2D eigenvalue weighted by atomic mass is 9.89. The summed E-state index contributed by atoms with van der Waals surface area (Å²) in [4.78, 5) is 9.53. The number of aryl methyl sites for hydroxylation is 1.